The van der Waals surface area contributed by atoms with Crippen LogP contribution in [0.15, 0.2) is 18.3 Å². The molecule has 0 aliphatic rings. The smallest absolute Gasteiger partial charge is 0.139 e. The van der Waals surface area contributed by atoms with Gasteiger partial charge in [-0.1, -0.05) is 0 Å². The van der Waals surface area contributed by atoms with Crippen molar-refractivity contribution in [1.82, 2.24) is 4.98 Å². The summed E-state index contributed by atoms with van der Waals surface area (Å²) < 4.78 is 0. The van der Waals surface area contributed by atoms with Gasteiger partial charge in [0.05, 0.1) is 11.7 Å². The Kier molecular flexibility index (Phi) is 4.25. The quantitative estimate of drug-likeness (QED) is 0.502. The molecule has 0 aromatic carbocycles. The lowest BCUT2D eigenvalue weighted by Crippen LogP contribution is -2.26. The Balaban J connectivity index is 2.82. The van der Waals surface area contributed by atoms with Crippen molar-refractivity contribution < 1.29 is 5.11 Å². The molecule has 0 fully saturated rings. The molecule has 1 rings (SSSR count). The summed E-state index contributed by atoms with van der Waals surface area (Å²) in [6.45, 7) is 2.42. The van der Waals surface area contributed by atoms with Gasteiger partial charge >= 0.3 is 0 Å². The van der Waals surface area contributed by atoms with Crippen LogP contribution in [-0.2, 0) is 0 Å². The third-order valence-corrected chi connectivity index (χ3v) is 2.32. The van der Waals surface area contributed by atoms with Gasteiger partial charge in [0.25, 0.3) is 0 Å². The third-order valence-electron chi connectivity index (χ3n) is 2.32. The maximum Gasteiger partial charge on any atom is 0.139 e. The summed E-state index contributed by atoms with van der Waals surface area (Å²) in [7, 11) is 1.87. The van der Waals surface area contributed by atoms with Gasteiger partial charge < -0.3 is 15.7 Å². The molecule has 4 N–H and O–H groups in total. The van der Waals surface area contributed by atoms with Crippen LogP contribution in [0.1, 0.15) is 18.9 Å². The van der Waals surface area contributed by atoms with Crippen LogP contribution >= 0.6 is 0 Å². The molecule has 1 atom stereocenters. The summed E-state index contributed by atoms with van der Waals surface area (Å²) in [5.41, 5.74) is 6.10. The number of aromatic nitrogens is 1. The highest BCUT2D eigenvalue weighted by atomic mass is 16.3. The van der Waals surface area contributed by atoms with Gasteiger partial charge in [-0.05, 0) is 25.5 Å². The molecule has 1 aromatic rings. The van der Waals surface area contributed by atoms with Crippen molar-refractivity contribution in [1.29, 1.82) is 5.41 Å². The van der Waals surface area contributed by atoms with E-state index in [1.807, 2.05) is 11.9 Å². The predicted octanol–water partition coefficient (Wildman–Crippen LogP) is 0.573. The number of rotatable bonds is 5. The van der Waals surface area contributed by atoms with Gasteiger partial charge in [0.2, 0.25) is 0 Å². The van der Waals surface area contributed by atoms with Gasteiger partial charge in [0.1, 0.15) is 11.7 Å². The predicted molar refractivity (Wildman–Crippen MR) is 64.8 cm³/mol. The van der Waals surface area contributed by atoms with Crippen molar-refractivity contribution in [3.8, 4) is 0 Å². The number of aliphatic hydroxyl groups excluding tert-OH is 1. The van der Waals surface area contributed by atoms with Gasteiger partial charge in [0.15, 0.2) is 0 Å². The minimum absolute atomic E-state index is 0.00648. The molecule has 1 heterocycles. The minimum atomic E-state index is -0.341. The van der Waals surface area contributed by atoms with Crippen LogP contribution in [0.5, 0.6) is 0 Å². The van der Waals surface area contributed by atoms with Gasteiger partial charge in [-0.15, -0.1) is 0 Å². The number of pyridine rings is 1. The first-order chi connectivity index (χ1) is 7.52. The van der Waals surface area contributed by atoms with Crippen molar-refractivity contribution in [3.05, 3.63) is 23.9 Å². The highest BCUT2D eigenvalue weighted by molar-refractivity contribution is 5.99. The molecule has 0 aliphatic heterocycles. The number of nitrogens with two attached hydrogens (primary N) is 1. The van der Waals surface area contributed by atoms with Crippen molar-refractivity contribution in [3.63, 3.8) is 0 Å². The van der Waals surface area contributed by atoms with Gasteiger partial charge in [0, 0.05) is 19.8 Å². The summed E-state index contributed by atoms with van der Waals surface area (Å²) in [4.78, 5) is 6.09. The lowest BCUT2D eigenvalue weighted by Gasteiger charge is -2.21. The molecule has 5 heteroatoms. The number of anilines is 1. The second-order valence-electron chi connectivity index (χ2n) is 3.85. The molecular formula is C11H18N4O. The molecular weight excluding hydrogens is 204 g/mol. The van der Waals surface area contributed by atoms with Crippen molar-refractivity contribution in [2.24, 2.45) is 5.73 Å². The summed E-state index contributed by atoms with van der Waals surface area (Å²) in [6.07, 6.45) is 1.98. The van der Waals surface area contributed by atoms with E-state index in [1.165, 1.54) is 0 Å². The Bertz CT molecular complexity index is 365. The zero-order valence-corrected chi connectivity index (χ0v) is 9.64. The molecule has 0 aliphatic carbocycles. The Morgan fingerprint density at radius 2 is 2.38 bits per heavy atom. The number of nitrogens with zero attached hydrogens (tertiary/aromatic N) is 2. The topological polar surface area (TPSA) is 86.2 Å². The number of amidine groups is 1. The highest BCUT2D eigenvalue weighted by Gasteiger charge is 2.10. The van der Waals surface area contributed by atoms with Crippen molar-refractivity contribution in [2.45, 2.75) is 19.4 Å². The summed E-state index contributed by atoms with van der Waals surface area (Å²) in [5.74, 6) is 0.683. The van der Waals surface area contributed by atoms with E-state index in [0.717, 1.165) is 0 Å². The number of nitrogens with one attached hydrogen (secondary N) is 1. The van der Waals surface area contributed by atoms with E-state index in [0.29, 0.717) is 24.3 Å². The normalized spacial score (nSPS) is 12.2. The summed E-state index contributed by atoms with van der Waals surface area (Å²) in [6, 6.07) is 3.52. The Hall–Kier alpha value is -1.62. The van der Waals surface area contributed by atoms with E-state index in [2.05, 4.69) is 4.98 Å². The Labute approximate surface area is 95.4 Å². The molecule has 0 bridgehead atoms. The summed E-state index contributed by atoms with van der Waals surface area (Å²) in [5, 5.41) is 16.7. The molecule has 1 unspecified atom stereocenters. The first kappa shape index (κ1) is 12.4. The van der Waals surface area contributed by atoms with Gasteiger partial charge in [-0.2, -0.15) is 0 Å². The first-order valence-electron chi connectivity index (χ1n) is 5.21. The van der Waals surface area contributed by atoms with Crippen LogP contribution in [-0.4, -0.2) is 35.6 Å². The zero-order chi connectivity index (χ0) is 12.1. The lowest BCUT2D eigenvalue weighted by molar-refractivity contribution is 0.187. The molecule has 5 nitrogen and oxygen atoms in total. The first-order valence-corrected chi connectivity index (χ1v) is 5.21. The second kappa shape index (κ2) is 5.46. The summed E-state index contributed by atoms with van der Waals surface area (Å²) >= 11 is 0. The monoisotopic (exact) mass is 222 g/mol. The molecule has 16 heavy (non-hydrogen) atoms. The van der Waals surface area contributed by atoms with Gasteiger partial charge in [-0.3, -0.25) is 5.41 Å². The number of aliphatic hydroxyl groups is 1. The van der Waals surface area contributed by atoms with E-state index in [1.54, 1.807) is 25.3 Å². The fraction of sp³-hybridized carbons (Fsp3) is 0.455. The fourth-order valence-electron chi connectivity index (χ4n) is 1.40. The van der Waals surface area contributed by atoms with E-state index in [4.69, 9.17) is 11.1 Å². The Morgan fingerprint density at radius 1 is 1.69 bits per heavy atom. The van der Waals surface area contributed by atoms with Crippen molar-refractivity contribution in [2.75, 3.05) is 18.5 Å². The number of hydrogen-bond acceptors (Lipinski definition) is 4. The van der Waals surface area contributed by atoms with Crippen molar-refractivity contribution >= 4 is 11.7 Å². The van der Waals surface area contributed by atoms with E-state index < -0.39 is 0 Å². The molecule has 0 saturated heterocycles. The van der Waals surface area contributed by atoms with E-state index >= 15 is 0 Å². The molecule has 0 amide bonds. The maximum absolute atomic E-state index is 9.21. The molecule has 88 valence electrons. The van der Waals surface area contributed by atoms with Crippen LogP contribution in [0.25, 0.3) is 0 Å². The molecule has 0 saturated carbocycles. The lowest BCUT2D eigenvalue weighted by atomic mass is 10.2. The van der Waals surface area contributed by atoms with Gasteiger partial charge in [-0.25, -0.2) is 4.98 Å². The van der Waals surface area contributed by atoms with E-state index in [-0.39, 0.29) is 11.9 Å². The largest absolute Gasteiger partial charge is 0.393 e. The van der Waals surface area contributed by atoms with Crippen LogP contribution < -0.4 is 10.6 Å². The van der Waals surface area contributed by atoms with Crippen LogP contribution in [0.4, 0.5) is 5.82 Å². The maximum atomic E-state index is 9.21. The SMILES string of the molecule is CC(O)CCN(C)c1ncccc1C(=N)N. The molecule has 0 spiro atoms. The van der Waals surface area contributed by atoms with Crippen LogP contribution in [0.2, 0.25) is 0 Å². The van der Waals surface area contributed by atoms with Crippen LogP contribution in [0.3, 0.4) is 0 Å². The Morgan fingerprint density at radius 3 is 2.94 bits per heavy atom. The molecule has 1 aromatic heterocycles. The fourth-order valence-corrected chi connectivity index (χ4v) is 1.40. The average molecular weight is 222 g/mol. The second-order valence-corrected chi connectivity index (χ2v) is 3.85. The van der Waals surface area contributed by atoms with E-state index in [9.17, 15) is 5.11 Å². The average Bonchev–Trinajstić information content (AvgIpc) is 2.25. The van der Waals surface area contributed by atoms with Crippen LogP contribution in [0, 0.1) is 5.41 Å². The standard InChI is InChI=1S/C11H18N4O/c1-8(16)5-7-15(2)11-9(10(12)13)4-3-6-14-11/h3-4,6,8,16H,5,7H2,1-2H3,(H3,12,13). The number of hydrogen-bond donors (Lipinski definition) is 3. The molecule has 0 radical (unpaired) electrons. The third kappa shape index (κ3) is 3.20. The number of nitrogen functional groups attached to an aromatic ring is 1. The minimum Gasteiger partial charge on any atom is -0.393 e. The zero-order valence-electron chi connectivity index (χ0n) is 9.64. The highest BCUT2D eigenvalue weighted by Crippen LogP contribution is 2.15.